The number of nitrogens with zero attached hydrogens (tertiary/aromatic N) is 2. The monoisotopic (exact) mass is 264 g/mol. The first-order valence-electron chi connectivity index (χ1n) is 5.47. The highest BCUT2D eigenvalue weighted by Gasteiger charge is 2.18. The van der Waals surface area contributed by atoms with Gasteiger partial charge in [-0.2, -0.15) is 0 Å². The topological polar surface area (TPSA) is 17.8 Å². The van der Waals surface area contributed by atoms with Gasteiger partial charge in [-0.3, -0.25) is 0 Å². The number of hydrogen-bond donors (Lipinski definition) is 0. The van der Waals surface area contributed by atoms with Gasteiger partial charge in [0.2, 0.25) is 0 Å². The third-order valence-corrected chi connectivity index (χ3v) is 3.75. The summed E-state index contributed by atoms with van der Waals surface area (Å²) in [6.45, 7) is 0. The molecule has 0 amide bonds. The molecule has 1 fully saturated rings. The van der Waals surface area contributed by atoms with Crippen LogP contribution in [0.25, 0.3) is 11.0 Å². The number of aromatic nitrogens is 2. The molecular formula is C12H13BrN2. The van der Waals surface area contributed by atoms with Crippen LogP contribution in [0.5, 0.6) is 0 Å². The van der Waals surface area contributed by atoms with Gasteiger partial charge in [-0.15, -0.1) is 0 Å². The minimum atomic E-state index is 0.677. The third-order valence-electron chi connectivity index (χ3n) is 3.25. The molecule has 2 nitrogen and oxygen atoms in total. The normalized spacial score (nSPS) is 17.7. The van der Waals surface area contributed by atoms with Crippen molar-refractivity contribution in [3.63, 3.8) is 0 Å². The summed E-state index contributed by atoms with van der Waals surface area (Å²) in [5.74, 6) is 0. The lowest BCUT2D eigenvalue weighted by atomic mass is 10.2. The largest absolute Gasteiger partial charge is 0.327 e. The molecular weight excluding hydrogens is 252 g/mol. The molecule has 3 heteroatoms. The van der Waals surface area contributed by atoms with E-state index in [4.69, 9.17) is 0 Å². The predicted molar refractivity (Wildman–Crippen MR) is 64.9 cm³/mol. The molecule has 1 heterocycles. The standard InChI is InChI=1S/C12H13BrN2/c13-9-5-6-12-11(7-9)14-8-15(12)10-3-1-2-4-10/h5-8,10H,1-4H2. The Hall–Kier alpha value is -0.830. The van der Waals surface area contributed by atoms with Crippen LogP contribution in [0.4, 0.5) is 0 Å². The van der Waals surface area contributed by atoms with E-state index in [9.17, 15) is 0 Å². The van der Waals surface area contributed by atoms with E-state index in [1.165, 1.54) is 31.2 Å². The summed E-state index contributed by atoms with van der Waals surface area (Å²) < 4.78 is 3.45. The van der Waals surface area contributed by atoms with E-state index in [0.29, 0.717) is 6.04 Å². The first-order chi connectivity index (χ1) is 7.34. The maximum Gasteiger partial charge on any atom is 0.0960 e. The smallest absolute Gasteiger partial charge is 0.0960 e. The van der Waals surface area contributed by atoms with E-state index in [1.54, 1.807) is 0 Å². The van der Waals surface area contributed by atoms with Crippen LogP contribution < -0.4 is 0 Å². The molecule has 0 bridgehead atoms. The van der Waals surface area contributed by atoms with Gasteiger partial charge in [0.25, 0.3) is 0 Å². The van der Waals surface area contributed by atoms with Crippen LogP contribution >= 0.6 is 15.9 Å². The van der Waals surface area contributed by atoms with Crippen LogP contribution in [0, 0.1) is 0 Å². The zero-order chi connectivity index (χ0) is 10.3. The van der Waals surface area contributed by atoms with E-state index < -0.39 is 0 Å². The average Bonchev–Trinajstić information content (AvgIpc) is 2.82. The molecule has 0 unspecified atom stereocenters. The van der Waals surface area contributed by atoms with Gasteiger partial charge >= 0.3 is 0 Å². The van der Waals surface area contributed by atoms with Gasteiger partial charge in [0, 0.05) is 10.5 Å². The minimum Gasteiger partial charge on any atom is -0.327 e. The fraction of sp³-hybridized carbons (Fsp3) is 0.417. The molecule has 1 aromatic carbocycles. The van der Waals surface area contributed by atoms with Crippen molar-refractivity contribution in [2.45, 2.75) is 31.7 Å². The van der Waals surface area contributed by atoms with Crippen molar-refractivity contribution >= 4 is 27.0 Å². The Morgan fingerprint density at radius 3 is 2.87 bits per heavy atom. The van der Waals surface area contributed by atoms with Crippen molar-refractivity contribution < 1.29 is 0 Å². The van der Waals surface area contributed by atoms with Crippen molar-refractivity contribution in [1.29, 1.82) is 0 Å². The minimum absolute atomic E-state index is 0.677. The molecule has 0 aliphatic heterocycles. The Kier molecular flexibility index (Phi) is 2.28. The lowest BCUT2D eigenvalue weighted by Crippen LogP contribution is -2.02. The predicted octanol–water partition coefficient (Wildman–Crippen LogP) is 3.91. The highest BCUT2D eigenvalue weighted by atomic mass is 79.9. The maximum absolute atomic E-state index is 4.46. The molecule has 0 saturated heterocycles. The van der Waals surface area contributed by atoms with Crippen molar-refractivity contribution in [3.8, 4) is 0 Å². The summed E-state index contributed by atoms with van der Waals surface area (Å²) in [5, 5.41) is 0. The van der Waals surface area contributed by atoms with Crippen molar-refractivity contribution in [1.82, 2.24) is 9.55 Å². The second kappa shape index (κ2) is 3.63. The van der Waals surface area contributed by atoms with Crippen LogP contribution in [-0.4, -0.2) is 9.55 Å². The summed E-state index contributed by atoms with van der Waals surface area (Å²) in [7, 11) is 0. The molecule has 1 aromatic heterocycles. The zero-order valence-electron chi connectivity index (χ0n) is 8.49. The zero-order valence-corrected chi connectivity index (χ0v) is 10.1. The van der Waals surface area contributed by atoms with Crippen molar-refractivity contribution in [2.24, 2.45) is 0 Å². The number of benzene rings is 1. The van der Waals surface area contributed by atoms with Gasteiger partial charge in [0.15, 0.2) is 0 Å². The molecule has 0 atom stereocenters. The van der Waals surface area contributed by atoms with E-state index >= 15 is 0 Å². The van der Waals surface area contributed by atoms with Crippen molar-refractivity contribution in [2.75, 3.05) is 0 Å². The average molecular weight is 265 g/mol. The molecule has 0 radical (unpaired) electrons. The van der Waals surface area contributed by atoms with Crippen LogP contribution in [0.2, 0.25) is 0 Å². The molecule has 2 aromatic rings. The van der Waals surface area contributed by atoms with E-state index in [2.05, 4.69) is 43.7 Å². The number of halogens is 1. The first-order valence-corrected chi connectivity index (χ1v) is 6.26. The van der Waals surface area contributed by atoms with Crippen LogP contribution in [0.1, 0.15) is 31.7 Å². The molecule has 15 heavy (non-hydrogen) atoms. The Morgan fingerprint density at radius 1 is 1.27 bits per heavy atom. The Balaban J connectivity index is 2.11. The summed E-state index contributed by atoms with van der Waals surface area (Å²) in [6.07, 6.45) is 7.33. The fourth-order valence-electron chi connectivity index (χ4n) is 2.48. The SMILES string of the molecule is Brc1ccc2c(c1)ncn2C1CCCC1. The fourth-order valence-corrected chi connectivity index (χ4v) is 2.83. The van der Waals surface area contributed by atoms with Gasteiger partial charge in [0.1, 0.15) is 0 Å². The first kappa shape index (κ1) is 9.40. The number of imidazole rings is 1. The third kappa shape index (κ3) is 1.59. The molecule has 1 saturated carbocycles. The van der Waals surface area contributed by atoms with Crippen LogP contribution in [0.15, 0.2) is 29.0 Å². The Morgan fingerprint density at radius 2 is 2.07 bits per heavy atom. The van der Waals surface area contributed by atoms with E-state index in [-0.39, 0.29) is 0 Å². The van der Waals surface area contributed by atoms with Gasteiger partial charge in [0.05, 0.1) is 17.4 Å². The summed E-state index contributed by atoms with van der Waals surface area (Å²) in [5.41, 5.74) is 2.36. The molecule has 3 rings (SSSR count). The van der Waals surface area contributed by atoms with Gasteiger partial charge in [-0.1, -0.05) is 28.8 Å². The Bertz CT molecular complexity index is 483. The highest BCUT2D eigenvalue weighted by molar-refractivity contribution is 9.10. The molecule has 1 aliphatic carbocycles. The lowest BCUT2D eigenvalue weighted by molar-refractivity contribution is 0.532. The molecule has 0 spiro atoms. The quantitative estimate of drug-likeness (QED) is 0.764. The summed E-state index contributed by atoms with van der Waals surface area (Å²) in [6, 6.07) is 7.01. The Labute approximate surface area is 97.4 Å². The van der Waals surface area contributed by atoms with Crippen LogP contribution in [-0.2, 0) is 0 Å². The number of hydrogen-bond acceptors (Lipinski definition) is 1. The highest BCUT2D eigenvalue weighted by Crippen LogP contribution is 2.32. The molecule has 78 valence electrons. The summed E-state index contributed by atoms with van der Waals surface area (Å²) >= 11 is 3.48. The van der Waals surface area contributed by atoms with Gasteiger partial charge in [-0.25, -0.2) is 4.98 Å². The number of rotatable bonds is 1. The van der Waals surface area contributed by atoms with E-state index in [1.807, 2.05) is 6.33 Å². The van der Waals surface area contributed by atoms with Crippen molar-refractivity contribution in [3.05, 3.63) is 29.0 Å². The maximum atomic E-state index is 4.46. The lowest BCUT2D eigenvalue weighted by Gasteiger charge is -2.11. The summed E-state index contributed by atoms with van der Waals surface area (Å²) in [4.78, 5) is 4.46. The number of fused-ring (bicyclic) bond motifs is 1. The second-order valence-corrected chi connectivity index (χ2v) is 5.14. The van der Waals surface area contributed by atoms with Gasteiger partial charge in [-0.05, 0) is 31.0 Å². The van der Waals surface area contributed by atoms with Crippen LogP contribution in [0.3, 0.4) is 0 Å². The van der Waals surface area contributed by atoms with E-state index in [0.717, 1.165) is 9.99 Å². The molecule has 1 aliphatic rings. The molecule has 0 N–H and O–H groups in total. The van der Waals surface area contributed by atoms with Gasteiger partial charge < -0.3 is 4.57 Å². The second-order valence-electron chi connectivity index (χ2n) is 4.22.